The van der Waals surface area contributed by atoms with Crippen LogP contribution in [-0.2, 0) is 0 Å². The largest absolute Gasteiger partial charge is 0.351 e. The molecule has 0 fully saturated rings. The molecule has 88 valence electrons. The predicted octanol–water partition coefficient (Wildman–Crippen LogP) is 2.34. The van der Waals surface area contributed by atoms with Crippen molar-refractivity contribution >= 4 is 17.7 Å². The van der Waals surface area contributed by atoms with E-state index in [0.717, 1.165) is 12.3 Å². The van der Waals surface area contributed by atoms with Gasteiger partial charge in [-0.15, -0.1) is 0 Å². The molecule has 4 heteroatoms. The molecule has 0 unspecified atom stereocenters. The molecule has 0 atom stereocenters. The highest BCUT2D eigenvalue weighted by atomic mass is 32.2. The molecule has 0 bridgehead atoms. The molecule has 1 amide bonds. The molecule has 0 saturated carbocycles. The lowest BCUT2D eigenvalue weighted by molar-refractivity contribution is 0.0956. The van der Waals surface area contributed by atoms with Gasteiger partial charge in [0.1, 0.15) is 0 Å². The summed E-state index contributed by atoms with van der Waals surface area (Å²) in [4.78, 5) is 15.5. The fraction of sp³-hybridized carbons (Fsp3) is 0.500. The molecule has 0 spiro atoms. The number of hydrogen-bond acceptors (Lipinski definition) is 3. The van der Waals surface area contributed by atoms with E-state index < -0.39 is 0 Å². The Morgan fingerprint density at radius 2 is 2.38 bits per heavy atom. The molecule has 3 nitrogen and oxygen atoms in total. The Labute approximate surface area is 101 Å². The highest BCUT2D eigenvalue weighted by molar-refractivity contribution is 7.99. The lowest BCUT2D eigenvalue weighted by Gasteiger charge is -2.04. The number of carbonyl (C=O) groups excluding carboxylic acids is 1. The van der Waals surface area contributed by atoms with E-state index in [1.54, 1.807) is 24.5 Å². The maximum absolute atomic E-state index is 11.6. The van der Waals surface area contributed by atoms with Crippen LogP contribution in [0, 0.1) is 0 Å². The minimum absolute atomic E-state index is 0.0378. The molecular formula is C12H18N2OS. The van der Waals surface area contributed by atoms with Crippen molar-refractivity contribution in [2.45, 2.75) is 19.8 Å². The molecule has 1 heterocycles. The summed E-state index contributed by atoms with van der Waals surface area (Å²) in [5.41, 5.74) is 0.626. The van der Waals surface area contributed by atoms with Crippen molar-refractivity contribution in [1.29, 1.82) is 0 Å². The lowest BCUT2D eigenvalue weighted by Crippen LogP contribution is -2.25. The Morgan fingerprint density at radius 1 is 1.50 bits per heavy atom. The summed E-state index contributed by atoms with van der Waals surface area (Å²) in [6, 6.07) is 3.54. The Hall–Kier alpha value is -1.03. The standard InChI is InChI=1S/C12H18N2OS/c1-2-3-8-16-9-7-14-12(15)11-5-4-6-13-10-11/h4-6,10H,2-3,7-9H2,1H3,(H,14,15). The van der Waals surface area contributed by atoms with Gasteiger partial charge in [0, 0.05) is 24.7 Å². The van der Waals surface area contributed by atoms with Gasteiger partial charge in [-0.3, -0.25) is 9.78 Å². The normalized spacial score (nSPS) is 10.1. The summed E-state index contributed by atoms with van der Waals surface area (Å²) in [7, 11) is 0. The first kappa shape index (κ1) is 13.0. The lowest BCUT2D eigenvalue weighted by atomic mass is 10.3. The number of unbranched alkanes of at least 4 members (excludes halogenated alkanes) is 1. The quantitative estimate of drug-likeness (QED) is 0.741. The molecule has 0 aliphatic carbocycles. The number of nitrogens with zero attached hydrogens (tertiary/aromatic N) is 1. The zero-order valence-electron chi connectivity index (χ0n) is 9.61. The van der Waals surface area contributed by atoms with E-state index >= 15 is 0 Å². The van der Waals surface area contributed by atoms with Crippen LogP contribution in [0.5, 0.6) is 0 Å². The number of pyridine rings is 1. The second-order valence-corrected chi connectivity index (χ2v) is 4.69. The van der Waals surface area contributed by atoms with Crippen LogP contribution in [0.2, 0.25) is 0 Å². The smallest absolute Gasteiger partial charge is 0.252 e. The van der Waals surface area contributed by atoms with Gasteiger partial charge in [0.05, 0.1) is 5.56 Å². The molecule has 0 aliphatic heterocycles. The molecule has 0 radical (unpaired) electrons. The summed E-state index contributed by atoms with van der Waals surface area (Å²) >= 11 is 1.88. The first-order valence-corrected chi connectivity index (χ1v) is 6.76. The van der Waals surface area contributed by atoms with E-state index in [2.05, 4.69) is 17.2 Å². The van der Waals surface area contributed by atoms with Crippen LogP contribution in [0.1, 0.15) is 30.1 Å². The van der Waals surface area contributed by atoms with Crippen LogP contribution >= 0.6 is 11.8 Å². The monoisotopic (exact) mass is 238 g/mol. The maximum Gasteiger partial charge on any atom is 0.252 e. The van der Waals surface area contributed by atoms with Crippen LogP contribution in [0.15, 0.2) is 24.5 Å². The Balaban J connectivity index is 2.12. The van der Waals surface area contributed by atoms with Gasteiger partial charge in [0.15, 0.2) is 0 Å². The summed E-state index contributed by atoms with van der Waals surface area (Å²) in [5.74, 6) is 2.12. The summed E-state index contributed by atoms with van der Waals surface area (Å²) in [6.45, 7) is 2.91. The van der Waals surface area contributed by atoms with Gasteiger partial charge in [-0.2, -0.15) is 11.8 Å². The average molecular weight is 238 g/mol. The van der Waals surface area contributed by atoms with Gasteiger partial charge in [0.25, 0.3) is 5.91 Å². The fourth-order valence-electron chi connectivity index (χ4n) is 1.18. The molecule has 1 aromatic heterocycles. The van der Waals surface area contributed by atoms with E-state index in [1.165, 1.54) is 18.6 Å². The zero-order valence-corrected chi connectivity index (χ0v) is 10.4. The highest BCUT2D eigenvalue weighted by Gasteiger charge is 2.02. The number of aromatic nitrogens is 1. The van der Waals surface area contributed by atoms with Crippen molar-refractivity contribution in [2.75, 3.05) is 18.1 Å². The minimum atomic E-state index is -0.0378. The maximum atomic E-state index is 11.6. The van der Waals surface area contributed by atoms with Gasteiger partial charge >= 0.3 is 0 Å². The van der Waals surface area contributed by atoms with Crippen molar-refractivity contribution in [2.24, 2.45) is 0 Å². The first-order chi connectivity index (χ1) is 7.84. The SMILES string of the molecule is CCCCSCCNC(=O)c1cccnc1. The number of carbonyl (C=O) groups is 1. The molecule has 0 aliphatic rings. The van der Waals surface area contributed by atoms with Crippen LogP contribution < -0.4 is 5.32 Å². The third-order valence-electron chi connectivity index (χ3n) is 2.10. The minimum Gasteiger partial charge on any atom is -0.351 e. The number of nitrogens with one attached hydrogen (secondary N) is 1. The van der Waals surface area contributed by atoms with Crippen molar-refractivity contribution in [3.05, 3.63) is 30.1 Å². The zero-order chi connectivity index (χ0) is 11.6. The molecular weight excluding hydrogens is 220 g/mol. The van der Waals surface area contributed by atoms with Crippen LogP contribution in [0.4, 0.5) is 0 Å². The van der Waals surface area contributed by atoms with E-state index in [0.29, 0.717) is 5.56 Å². The Morgan fingerprint density at radius 3 is 3.06 bits per heavy atom. The highest BCUT2D eigenvalue weighted by Crippen LogP contribution is 2.03. The van der Waals surface area contributed by atoms with Gasteiger partial charge < -0.3 is 5.32 Å². The molecule has 1 aromatic rings. The van der Waals surface area contributed by atoms with E-state index in [-0.39, 0.29) is 5.91 Å². The molecule has 16 heavy (non-hydrogen) atoms. The molecule has 1 rings (SSSR count). The van der Waals surface area contributed by atoms with Crippen molar-refractivity contribution in [1.82, 2.24) is 10.3 Å². The summed E-state index contributed by atoms with van der Waals surface area (Å²) in [5, 5.41) is 2.88. The second kappa shape index (κ2) is 8.16. The van der Waals surface area contributed by atoms with Crippen molar-refractivity contribution in [3.63, 3.8) is 0 Å². The van der Waals surface area contributed by atoms with Gasteiger partial charge in [0.2, 0.25) is 0 Å². The van der Waals surface area contributed by atoms with E-state index in [9.17, 15) is 4.79 Å². The van der Waals surface area contributed by atoms with E-state index in [1.807, 2.05) is 11.8 Å². The number of thioether (sulfide) groups is 1. The fourth-order valence-corrected chi connectivity index (χ4v) is 2.13. The first-order valence-electron chi connectivity index (χ1n) is 5.60. The van der Waals surface area contributed by atoms with Crippen LogP contribution in [-0.4, -0.2) is 28.9 Å². The average Bonchev–Trinajstić information content (AvgIpc) is 2.34. The number of hydrogen-bond donors (Lipinski definition) is 1. The van der Waals surface area contributed by atoms with Crippen molar-refractivity contribution < 1.29 is 4.79 Å². The summed E-state index contributed by atoms with van der Waals surface area (Å²) < 4.78 is 0. The van der Waals surface area contributed by atoms with Gasteiger partial charge in [-0.1, -0.05) is 13.3 Å². The van der Waals surface area contributed by atoms with Crippen LogP contribution in [0.3, 0.4) is 0 Å². The number of amides is 1. The molecule has 0 saturated heterocycles. The predicted molar refractivity (Wildman–Crippen MR) is 68.8 cm³/mol. The van der Waals surface area contributed by atoms with Crippen LogP contribution in [0.25, 0.3) is 0 Å². The third-order valence-corrected chi connectivity index (χ3v) is 3.17. The third kappa shape index (κ3) is 5.16. The van der Waals surface area contributed by atoms with Gasteiger partial charge in [-0.25, -0.2) is 0 Å². The Kier molecular flexibility index (Phi) is 6.65. The summed E-state index contributed by atoms with van der Waals surface area (Å²) in [6.07, 6.45) is 5.73. The molecule has 0 aromatic carbocycles. The number of rotatable bonds is 7. The van der Waals surface area contributed by atoms with E-state index in [4.69, 9.17) is 0 Å². The van der Waals surface area contributed by atoms with Crippen molar-refractivity contribution in [3.8, 4) is 0 Å². The second-order valence-electron chi connectivity index (χ2n) is 3.46. The topological polar surface area (TPSA) is 42.0 Å². The van der Waals surface area contributed by atoms with Gasteiger partial charge in [-0.05, 0) is 24.3 Å². The Bertz CT molecular complexity index is 303. The molecule has 1 N–H and O–H groups in total.